The average molecular weight is 121 g/mol. The number of hydrogen-bond acceptors (Lipinski definition) is 1. The van der Waals surface area contributed by atoms with Crippen molar-refractivity contribution in [2.45, 2.75) is 25.8 Å². The predicted molar refractivity (Wildman–Crippen MR) is 38.0 cm³/mol. The van der Waals surface area contributed by atoms with Gasteiger partial charge >= 0.3 is 0 Å². The van der Waals surface area contributed by atoms with Crippen molar-refractivity contribution >= 4 is 0 Å². The number of rotatable bonds is 0. The van der Waals surface area contributed by atoms with Gasteiger partial charge in [-0.25, -0.2) is 0 Å². The summed E-state index contributed by atoms with van der Waals surface area (Å²) < 4.78 is 0. The van der Waals surface area contributed by atoms with Gasteiger partial charge in [-0.05, 0) is 36.5 Å². The smallest absolute Gasteiger partial charge is 0.0265 e. The molecule has 0 aliphatic heterocycles. The van der Waals surface area contributed by atoms with E-state index in [2.05, 4.69) is 13.0 Å². The second-order valence-electron chi connectivity index (χ2n) is 2.91. The lowest BCUT2D eigenvalue weighted by Crippen LogP contribution is -2.31. The summed E-state index contributed by atoms with van der Waals surface area (Å²) in [6, 6.07) is 0.397. The van der Waals surface area contributed by atoms with Crippen LogP contribution in [-0.4, -0.2) is 6.04 Å². The van der Waals surface area contributed by atoms with Crippen molar-refractivity contribution < 1.29 is 0 Å². The lowest BCUT2D eigenvalue weighted by molar-refractivity contribution is 0.554. The van der Waals surface area contributed by atoms with Crippen molar-refractivity contribution in [1.29, 1.82) is 0 Å². The molecule has 1 nitrogen and oxygen atoms in total. The second-order valence-corrected chi connectivity index (χ2v) is 2.91. The molecule has 9 heavy (non-hydrogen) atoms. The van der Waals surface area contributed by atoms with Crippen LogP contribution in [0.5, 0.6) is 0 Å². The fourth-order valence-corrected chi connectivity index (χ4v) is 1.32. The van der Waals surface area contributed by atoms with E-state index in [-0.39, 0.29) is 0 Å². The summed E-state index contributed by atoms with van der Waals surface area (Å²) in [5, 5.41) is 0. The lowest BCUT2D eigenvalue weighted by Gasteiger charge is -2.25. The van der Waals surface area contributed by atoms with Crippen LogP contribution < -0.4 is 5.73 Å². The maximum atomic E-state index is 5.73. The van der Waals surface area contributed by atoms with Gasteiger partial charge in [0.2, 0.25) is 0 Å². The molecule has 1 heteroatoms. The monoisotopic (exact) mass is 121 g/mol. The molecule has 0 saturated heterocycles. The van der Waals surface area contributed by atoms with Gasteiger partial charge in [-0.15, -0.1) is 0 Å². The lowest BCUT2D eigenvalue weighted by atomic mass is 9.85. The van der Waals surface area contributed by atoms with E-state index in [0.717, 1.165) is 0 Å². The summed E-state index contributed by atoms with van der Waals surface area (Å²) in [5.74, 6) is 0. The average Bonchev–Trinajstić information content (AvgIpc) is 2.44. The van der Waals surface area contributed by atoms with Gasteiger partial charge < -0.3 is 5.73 Å². The van der Waals surface area contributed by atoms with Crippen LogP contribution in [0.25, 0.3) is 0 Å². The van der Waals surface area contributed by atoms with Crippen LogP contribution in [0.2, 0.25) is 0 Å². The zero-order valence-electron chi connectivity index (χ0n) is 5.65. The largest absolute Gasteiger partial charge is 0.324 e. The van der Waals surface area contributed by atoms with Crippen LogP contribution in [-0.2, 0) is 0 Å². The van der Waals surface area contributed by atoms with Crippen LogP contribution in [0, 0.1) is 0 Å². The first kappa shape index (κ1) is 5.24. The van der Waals surface area contributed by atoms with E-state index in [9.17, 15) is 0 Å². The first-order valence-electron chi connectivity index (χ1n) is 3.46. The fourth-order valence-electron chi connectivity index (χ4n) is 1.32. The minimum atomic E-state index is 0.397. The summed E-state index contributed by atoms with van der Waals surface area (Å²) >= 11 is 0. The van der Waals surface area contributed by atoms with E-state index in [0.29, 0.717) is 6.04 Å². The molecule has 2 N–H and O–H groups in total. The maximum Gasteiger partial charge on any atom is 0.0265 e. The summed E-state index contributed by atoms with van der Waals surface area (Å²) in [7, 11) is 0. The van der Waals surface area contributed by atoms with E-state index < -0.39 is 0 Å². The van der Waals surface area contributed by atoms with Crippen molar-refractivity contribution in [3.63, 3.8) is 0 Å². The highest BCUT2D eigenvalue weighted by Crippen LogP contribution is 2.38. The van der Waals surface area contributed by atoms with E-state index in [1.165, 1.54) is 29.6 Å². The molecule has 0 aromatic rings. The van der Waals surface area contributed by atoms with Crippen molar-refractivity contribution in [2.75, 3.05) is 0 Å². The summed E-state index contributed by atoms with van der Waals surface area (Å²) in [5.41, 5.74) is 10.1. The van der Waals surface area contributed by atoms with Crippen molar-refractivity contribution in [1.82, 2.24) is 0 Å². The zero-order chi connectivity index (χ0) is 6.43. The molecule has 2 aliphatic rings. The third kappa shape index (κ3) is 0.648. The number of allylic oxidation sites excluding steroid dienone is 3. The Morgan fingerprint density at radius 1 is 1.67 bits per heavy atom. The highest BCUT2D eigenvalue weighted by Gasteiger charge is 2.27. The molecule has 1 fully saturated rings. The van der Waals surface area contributed by atoms with E-state index >= 15 is 0 Å². The highest BCUT2D eigenvalue weighted by atomic mass is 14.7. The molecule has 0 amide bonds. The Morgan fingerprint density at radius 2 is 2.33 bits per heavy atom. The highest BCUT2D eigenvalue weighted by molar-refractivity contribution is 5.60. The van der Waals surface area contributed by atoms with Gasteiger partial charge in [-0.1, -0.05) is 6.08 Å². The first-order valence-corrected chi connectivity index (χ1v) is 3.46. The predicted octanol–water partition coefficient (Wildman–Crippen LogP) is 1.36. The zero-order valence-corrected chi connectivity index (χ0v) is 5.65. The molecule has 48 valence electrons. The van der Waals surface area contributed by atoms with Gasteiger partial charge in [-0.2, -0.15) is 0 Å². The molecule has 2 aliphatic carbocycles. The minimum Gasteiger partial charge on any atom is -0.324 e. The molecule has 1 saturated carbocycles. The molecular formula is C8H11N. The van der Waals surface area contributed by atoms with Crippen LogP contribution >= 0.6 is 0 Å². The second kappa shape index (κ2) is 1.48. The van der Waals surface area contributed by atoms with Gasteiger partial charge in [0.05, 0.1) is 0 Å². The van der Waals surface area contributed by atoms with Gasteiger partial charge in [-0.3, -0.25) is 0 Å². The molecule has 0 heterocycles. The van der Waals surface area contributed by atoms with Gasteiger partial charge in [0.15, 0.2) is 0 Å². The normalized spacial score (nSPS) is 39.8. The molecule has 0 radical (unpaired) electrons. The molecule has 1 unspecified atom stereocenters. The van der Waals surface area contributed by atoms with Gasteiger partial charge in [0.25, 0.3) is 0 Å². The van der Waals surface area contributed by atoms with Crippen molar-refractivity contribution in [2.24, 2.45) is 5.73 Å². The van der Waals surface area contributed by atoms with Crippen LogP contribution in [0.1, 0.15) is 19.8 Å². The number of nitrogens with two attached hydrogens (primary N) is 1. The third-order valence-corrected chi connectivity index (χ3v) is 2.22. The van der Waals surface area contributed by atoms with Crippen LogP contribution in [0.15, 0.2) is 22.8 Å². The molecular weight excluding hydrogens is 110 g/mol. The topological polar surface area (TPSA) is 26.0 Å². The Labute approximate surface area is 55.2 Å². The maximum absolute atomic E-state index is 5.73. The molecule has 0 aromatic carbocycles. The summed E-state index contributed by atoms with van der Waals surface area (Å²) in [4.78, 5) is 0. The van der Waals surface area contributed by atoms with Crippen LogP contribution in [0.4, 0.5) is 0 Å². The fraction of sp³-hybridized carbons (Fsp3) is 0.500. The van der Waals surface area contributed by atoms with Crippen molar-refractivity contribution in [3.8, 4) is 0 Å². The molecule has 1 atom stereocenters. The number of hydrogen-bond donors (Lipinski definition) is 1. The Kier molecular flexibility index (Phi) is 0.862. The minimum absolute atomic E-state index is 0.397. The third-order valence-electron chi connectivity index (χ3n) is 2.22. The Morgan fingerprint density at radius 3 is 2.44 bits per heavy atom. The summed E-state index contributed by atoms with van der Waals surface area (Å²) in [6.07, 6.45) is 4.65. The quantitative estimate of drug-likeness (QED) is 0.514. The van der Waals surface area contributed by atoms with Gasteiger partial charge in [0, 0.05) is 6.04 Å². The standard InChI is InChI=1S/C8H11N/c1-5-4-7(5)6-2-3-8(6)9/h4,8H,2-3,9H2,1H3/b7-6+. The molecule has 0 aromatic heterocycles. The van der Waals surface area contributed by atoms with E-state index in [4.69, 9.17) is 5.73 Å². The SMILES string of the molecule is CC1=CC/1=C1/CCC1N. The Bertz CT molecular complexity index is 211. The molecule has 0 bridgehead atoms. The van der Waals surface area contributed by atoms with Crippen LogP contribution in [0.3, 0.4) is 0 Å². The molecule has 2 rings (SSSR count). The van der Waals surface area contributed by atoms with E-state index in [1.807, 2.05) is 0 Å². The Balaban J connectivity index is 2.16. The molecule has 0 spiro atoms. The van der Waals surface area contributed by atoms with E-state index in [1.54, 1.807) is 0 Å². The van der Waals surface area contributed by atoms with Gasteiger partial charge in [0.1, 0.15) is 0 Å². The van der Waals surface area contributed by atoms with Crippen molar-refractivity contribution in [3.05, 3.63) is 22.8 Å². The first-order chi connectivity index (χ1) is 4.29. The summed E-state index contributed by atoms with van der Waals surface area (Å²) in [6.45, 7) is 2.15. The Hall–Kier alpha value is -0.560.